The molecule has 0 atom stereocenters. The summed E-state index contributed by atoms with van der Waals surface area (Å²) in [6, 6.07) is 12.8. The Kier molecular flexibility index (Phi) is 3.29. The van der Waals surface area contributed by atoms with Crippen molar-refractivity contribution in [3.8, 4) is 11.5 Å². The van der Waals surface area contributed by atoms with Gasteiger partial charge in [-0.3, -0.25) is 4.79 Å². The van der Waals surface area contributed by atoms with Crippen LogP contribution in [0, 0.1) is 0 Å². The van der Waals surface area contributed by atoms with Crippen LogP contribution in [0.5, 0.6) is 11.5 Å². The van der Waals surface area contributed by atoms with Crippen LogP contribution in [0.3, 0.4) is 0 Å². The molecule has 1 amide bonds. The smallest absolute Gasteiger partial charge is 0.259 e. The Hall–Kier alpha value is -2.49. The number of benzene rings is 2. The lowest BCUT2D eigenvalue weighted by atomic mass is 10.1. The highest BCUT2D eigenvalue weighted by Gasteiger charge is 2.15. The number of fused-ring (bicyclic) bond motifs is 1. The van der Waals surface area contributed by atoms with E-state index < -0.39 is 0 Å². The van der Waals surface area contributed by atoms with Gasteiger partial charge in [-0.2, -0.15) is 0 Å². The molecule has 3 rings (SSSR count). The summed E-state index contributed by atoms with van der Waals surface area (Å²) >= 11 is 0. The normalized spacial score (nSPS) is 12.4. The Morgan fingerprint density at radius 1 is 1.25 bits per heavy atom. The predicted octanol–water partition coefficient (Wildman–Crippen LogP) is 2.88. The first-order chi connectivity index (χ1) is 9.78. The van der Waals surface area contributed by atoms with Crippen LogP contribution in [0.15, 0.2) is 42.5 Å². The van der Waals surface area contributed by atoms with Crippen LogP contribution in [-0.2, 0) is 6.42 Å². The molecule has 1 heterocycles. The number of rotatable bonds is 3. The minimum atomic E-state index is -0.179. The molecule has 0 saturated heterocycles. The van der Waals surface area contributed by atoms with Crippen molar-refractivity contribution in [2.45, 2.75) is 6.42 Å². The molecule has 1 aliphatic heterocycles. The SMILES string of the molecule is COc1ccccc1C(=O)Nc1ccc2c(c1)CCO2. The predicted molar refractivity (Wildman–Crippen MR) is 76.6 cm³/mol. The fraction of sp³-hybridized carbons (Fsp3) is 0.188. The zero-order valence-electron chi connectivity index (χ0n) is 11.2. The molecule has 2 aromatic rings. The van der Waals surface area contributed by atoms with Crippen LogP contribution in [0.4, 0.5) is 5.69 Å². The van der Waals surface area contributed by atoms with Gasteiger partial charge >= 0.3 is 0 Å². The molecular weight excluding hydrogens is 254 g/mol. The van der Waals surface area contributed by atoms with E-state index in [-0.39, 0.29) is 5.91 Å². The lowest BCUT2D eigenvalue weighted by Crippen LogP contribution is -2.13. The number of para-hydroxylation sites is 1. The molecule has 1 aliphatic rings. The van der Waals surface area contributed by atoms with Gasteiger partial charge in [0.2, 0.25) is 0 Å². The molecule has 0 saturated carbocycles. The van der Waals surface area contributed by atoms with E-state index in [1.165, 1.54) is 0 Å². The average molecular weight is 269 g/mol. The summed E-state index contributed by atoms with van der Waals surface area (Å²) in [4.78, 5) is 12.3. The van der Waals surface area contributed by atoms with E-state index in [0.29, 0.717) is 17.9 Å². The largest absolute Gasteiger partial charge is 0.496 e. The monoisotopic (exact) mass is 269 g/mol. The molecule has 0 spiro atoms. The molecule has 1 N–H and O–H groups in total. The van der Waals surface area contributed by atoms with Gasteiger partial charge in [0.15, 0.2) is 0 Å². The molecule has 0 bridgehead atoms. The Morgan fingerprint density at radius 2 is 2.10 bits per heavy atom. The molecule has 0 fully saturated rings. The molecule has 4 nitrogen and oxygen atoms in total. The zero-order chi connectivity index (χ0) is 13.9. The highest BCUT2D eigenvalue weighted by atomic mass is 16.5. The number of ether oxygens (including phenoxy) is 2. The van der Waals surface area contributed by atoms with Gasteiger partial charge in [0.25, 0.3) is 5.91 Å². The molecular formula is C16H15NO3. The number of carbonyl (C=O) groups excluding carboxylic acids is 1. The van der Waals surface area contributed by atoms with Gasteiger partial charge in [0, 0.05) is 12.1 Å². The van der Waals surface area contributed by atoms with E-state index in [1.807, 2.05) is 30.3 Å². The second-order valence-electron chi connectivity index (χ2n) is 4.58. The van der Waals surface area contributed by atoms with E-state index in [4.69, 9.17) is 9.47 Å². The summed E-state index contributed by atoms with van der Waals surface area (Å²) in [5.41, 5.74) is 2.42. The number of anilines is 1. The number of hydrogen-bond acceptors (Lipinski definition) is 3. The molecule has 102 valence electrons. The van der Waals surface area contributed by atoms with Crippen LogP contribution in [0.1, 0.15) is 15.9 Å². The van der Waals surface area contributed by atoms with E-state index in [9.17, 15) is 4.79 Å². The van der Waals surface area contributed by atoms with Crippen LogP contribution in [0.2, 0.25) is 0 Å². The second kappa shape index (κ2) is 5.25. The topological polar surface area (TPSA) is 47.6 Å². The van der Waals surface area contributed by atoms with Crippen LogP contribution >= 0.6 is 0 Å². The number of methoxy groups -OCH3 is 1. The first-order valence-corrected chi connectivity index (χ1v) is 6.48. The second-order valence-corrected chi connectivity index (χ2v) is 4.58. The van der Waals surface area contributed by atoms with E-state index in [1.54, 1.807) is 19.2 Å². The Labute approximate surface area is 117 Å². The lowest BCUT2D eigenvalue weighted by Gasteiger charge is -2.09. The highest BCUT2D eigenvalue weighted by molar-refractivity contribution is 6.06. The van der Waals surface area contributed by atoms with Crippen molar-refractivity contribution in [2.24, 2.45) is 0 Å². The highest BCUT2D eigenvalue weighted by Crippen LogP contribution is 2.28. The summed E-state index contributed by atoms with van der Waals surface area (Å²) in [6.07, 6.45) is 0.883. The standard InChI is InChI=1S/C16H15NO3/c1-19-15-5-3-2-4-13(15)16(18)17-12-6-7-14-11(10-12)8-9-20-14/h2-7,10H,8-9H2,1H3,(H,17,18). The van der Waals surface area contributed by atoms with Crippen molar-refractivity contribution in [2.75, 3.05) is 19.0 Å². The van der Waals surface area contributed by atoms with E-state index in [0.717, 1.165) is 23.4 Å². The van der Waals surface area contributed by atoms with Crippen LogP contribution < -0.4 is 14.8 Å². The minimum Gasteiger partial charge on any atom is -0.496 e. The average Bonchev–Trinajstić information content (AvgIpc) is 2.94. The fourth-order valence-electron chi connectivity index (χ4n) is 2.29. The Morgan fingerprint density at radius 3 is 2.95 bits per heavy atom. The van der Waals surface area contributed by atoms with E-state index >= 15 is 0 Å². The molecule has 2 aromatic carbocycles. The molecule has 0 aliphatic carbocycles. The van der Waals surface area contributed by atoms with Crippen molar-refractivity contribution in [3.05, 3.63) is 53.6 Å². The molecule has 0 unspecified atom stereocenters. The number of nitrogens with one attached hydrogen (secondary N) is 1. The minimum absolute atomic E-state index is 0.179. The van der Waals surface area contributed by atoms with Gasteiger partial charge in [-0.05, 0) is 35.9 Å². The molecule has 0 radical (unpaired) electrons. The summed E-state index contributed by atoms with van der Waals surface area (Å²) in [5, 5.41) is 2.89. The van der Waals surface area contributed by atoms with E-state index in [2.05, 4.69) is 5.32 Å². The Bertz CT molecular complexity index is 652. The maximum atomic E-state index is 12.3. The van der Waals surface area contributed by atoms with Gasteiger partial charge in [-0.25, -0.2) is 0 Å². The van der Waals surface area contributed by atoms with Crippen LogP contribution in [-0.4, -0.2) is 19.6 Å². The van der Waals surface area contributed by atoms with Crippen molar-refractivity contribution in [3.63, 3.8) is 0 Å². The van der Waals surface area contributed by atoms with Gasteiger partial charge in [0.05, 0.1) is 19.3 Å². The van der Waals surface area contributed by atoms with Gasteiger partial charge in [-0.15, -0.1) is 0 Å². The third-order valence-corrected chi connectivity index (χ3v) is 3.30. The van der Waals surface area contributed by atoms with Crippen molar-refractivity contribution < 1.29 is 14.3 Å². The third-order valence-electron chi connectivity index (χ3n) is 3.30. The molecule has 0 aromatic heterocycles. The van der Waals surface area contributed by atoms with Crippen molar-refractivity contribution in [1.29, 1.82) is 0 Å². The van der Waals surface area contributed by atoms with Gasteiger partial charge < -0.3 is 14.8 Å². The number of hydrogen-bond donors (Lipinski definition) is 1. The lowest BCUT2D eigenvalue weighted by molar-refractivity contribution is 0.102. The quantitative estimate of drug-likeness (QED) is 0.932. The Balaban J connectivity index is 1.82. The van der Waals surface area contributed by atoms with Crippen molar-refractivity contribution in [1.82, 2.24) is 0 Å². The summed E-state index contributed by atoms with van der Waals surface area (Å²) in [7, 11) is 1.55. The van der Waals surface area contributed by atoms with Gasteiger partial charge in [-0.1, -0.05) is 12.1 Å². The third kappa shape index (κ3) is 2.32. The summed E-state index contributed by atoms with van der Waals surface area (Å²) in [6.45, 7) is 0.708. The van der Waals surface area contributed by atoms with Crippen LogP contribution in [0.25, 0.3) is 0 Å². The summed E-state index contributed by atoms with van der Waals surface area (Å²) < 4.78 is 10.6. The first-order valence-electron chi connectivity index (χ1n) is 6.48. The first kappa shape index (κ1) is 12.5. The zero-order valence-corrected chi connectivity index (χ0v) is 11.2. The molecule has 20 heavy (non-hydrogen) atoms. The maximum absolute atomic E-state index is 12.3. The fourth-order valence-corrected chi connectivity index (χ4v) is 2.29. The number of carbonyl (C=O) groups is 1. The molecule has 4 heteroatoms. The summed E-state index contributed by atoms with van der Waals surface area (Å²) in [5.74, 6) is 1.29. The maximum Gasteiger partial charge on any atom is 0.259 e. The van der Waals surface area contributed by atoms with Crippen molar-refractivity contribution >= 4 is 11.6 Å². The van der Waals surface area contributed by atoms with Gasteiger partial charge in [0.1, 0.15) is 11.5 Å². The number of amides is 1.